The molecule has 0 radical (unpaired) electrons. The highest BCUT2D eigenvalue weighted by atomic mass is 16.1. The molecule has 1 rings (SSSR count). The van der Waals surface area contributed by atoms with Crippen molar-refractivity contribution in [2.24, 2.45) is 0 Å². The molecule has 0 saturated carbocycles. The third-order valence-electron chi connectivity index (χ3n) is 2.42. The molecule has 0 aliphatic rings. The van der Waals surface area contributed by atoms with Gasteiger partial charge >= 0.3 is 0 Å². The van der Waals surface area contributed by atoms with Gasteiger partial charge in [-0.1, -0.05) is 30.7 Å². The molecule has 0 aliphatic heterocycles. The first-order valence-electron chi connectivity index (χ1n) is 5.78. The van der Waals surface area contributed by atoms with Gasteiger partial charge < -0.3 is 5.32 Å². The van der Waals surface area contributed by atoms with Crippen molar-refractivity contribution in [3.63, 3.8) is 0 Å². The third-order valence-corrected chi connectivity index (χ3v) is 2.42. The van der Waals surface area contributed by atoms with Gasteiger partial charge in [0.05, 0.1) is 5.56 Å². The summed E-state index contributed by atoms with van der Waals surface area (Å²) in [6.07, 6.45) is 10.3. The van der Waals surface area contributed by atoms with Crippen molar-refractivity contribution in [2.75, 3.05) is 6.54 Å². The van der Waals surface area contributed by atoms with Crippen LogP contribution >= 0.6 is 0 Å². The molecule has 1 heterocycles. The van der Waals surface area contributed by atoms with E-state index in [2.05, 4.69) is 23.3 Å². The summed E-state index contributed by atoms with van der Waals surface area (Å²) in [6, 6.07) is 3.50. The fourth-order valence-corrected chi connectivity index (χ4v) is 1.38. The smallest absolute Gasteiger partial charge is 0.253 e. The van der Waals surface area contributed by atoms with Crippen LogP contribution in [0.3, 0.4) is 0 Å². The van der Waals surface area contributed by atoms with Crippen LogP contribution in [0.2, 0.25) is 0 Å². The molecule has 0 spiro atoms. The Kier molecular flexibility index (Phi) is 5.72. The van der Waals surface area contributed by atoms with Crippen LogP contribution < -0.4 is 5.32 Å². The Hall–Kier alpha value is -1.90. The van der Waals surface area contributed by atoms with Crippen LogP contribution in [-0.2, 0) is 0 Å². The van der Waals surface area contributed by atoms with Crippen LogP contribution in [0.1, 0.15) is 30.6 Å². The maximum Gasteiger partial charge on any atom is 0.253 e. The number of rotatable bonds is 5. The number of amides is 1. The number of nitrogens with one attached hydrogen (secondary N) is 1. The Morgan fingerprint density at radius 3 is 2.94 bits per heavy atom. The van der Waals surface area contributed by atoms with Gasteiger partial charge in [-0.25, -0.2) is 0 Å². The number of hydrogen-bond acceptors (Lipinski definition) is 2. The molecule has 3 nitrogen and oxygen atoms in total. The number of hydrogen-bond donors (Lipinski definition) is 1. The molecule has 1 aromatic heterocycles. The molecule has 0 saturated heterocycles. The van der Waals surface area contributed by atoms with Gasteiger partial charge in [-0.2, -0.15) is 0 Å². The van der Waals surface area contributed by atoms with Crippen LogP contribution in [0.5, 0.6) is 0 Å². The average molecular weight is 230 g/mol. The molecule has 0 bridgehead atoms. The number of allylic oxidation sites excluding steroid dienone is 3. The highest BCUT2D eigenvalue weighted by molar-refractivity contribution is 5.93. The summed E-state index contributed by atoms with van der Waals surface area (Å²) in [5, 5.41) is 2.81. The zero-order valence-electron chi connectivity index (χ0n) is 10.3. The zero-order chi connectivity index (χ0) is 12.5. The minimum atomic E-state index is -0.0960. The Morgan fingerprint density at radius 2 is 2.35 bits per heavy atom. The second-order valence-electron chi connectivity index (χ2n) is 3.57. The number of pyridine rings is 1. The second kappa shape index (κ2) is 7.39. The first kappa shape index (κ1) is 13.2. The SMILES string of the molecule is C/C=C(/C=C\CNC(=O)c1cccnc1)CC. The van der Waals surface area contributed by atoms with Crippen LogP contribution in [0.4, 0.5) is 0 Å². The fourth-order valence-electron chi connectivity index (χ4n) is 1.38. The summed E-state index contributed by atoms with van der Waals surface area (Å²) in [5.41, 5.74) is 1.85. The topological polar surface area (TPSA) is 42.0 Å². The van der Waals surface area contributed by atoms with E-state index in [4.69, 9.17) is 0 Å². The molecule has 0 fully saturated rings. The maximum atomic E-state index is 11.6. The van der Waals surface area contributed by atoms with Crippen molar-refractivity contribution < 1.29 is 4.79 Å². The fraction of sp³-hybridized carbons (Fsp3) is 0.286. The first-order chi connectivity index (χ1) is 8.27. The van der Waals surface area contributed by atoms with Crippen LogP contribution in [-0.4, -0.2) is 17.4 Å². The van der Waals surface area contributed by atoms with E-state index in [1.54, 1.807) is 24.5 Å². The molecule has 1 N–H and O–H groups in total. The average Bonchev–Trinajstić information content (AvgIpc) is 2.40. The highest BCUT2D eigenvalue weighted by Crippen LogP contribution is 2.01. The summed E-state index contributed by atoms with van der Waals surface area (Å²) in [7, 11) is 0. The Balaban J connectivity index is 2.40. The molecule has 0 unspecified atom stereocenters. The van der Waals surface area contributed by atoms with E-state index in [0.717, 1.165) is 6.42 Å². The van der Waals surface area contributed by atoms with E-state index < -0.39 is 0 Å². The van der Waals surface area contributed by atoms with Gasteiger partial charge in [-0.05, 0) is 25.5 Å². The predicted octanol–water partition coefficient (Wildman–Crippen LogP) is 2.72. The lowest BCUT2D eigenvalue weighted by atomic mass is 10.2. The molecular weight excluding hydrogens is 212 g/mol. The molecule has 0 aromatic carbocycles. The lowest BCUT2D eigenvalue weighted by Crippen LogP contribution is -2.23. The van der Waals surface area contributed by atoms with Gasteiger partial charge in [0.1, 0.15) is 0 Å². The highest BCUT2D eigenvalue weighted by Gasteiger charge is 2.01. The monoisotopic (exact) mass is 230 g/mol. The van der Waals surface area contributed by atoms with E-state index >= 15 is 0 Å². The van der Waals surface area contributed by atoms with E-state index in [0.29, 0.717) is 12.1 Å². The van der Waals surface area contributed by atoms with Crippen LogP contribution in [0, 0.1) is 0 Å². The Bertz CT molecular complexity index is 407. The van der Waals surface area contributed by atoms with Crippen molar-refractivity contribution in [1.82, 2.24) is 10.3 Å². The summed E-state index contributed by atoms with van der Waals surface area (Å²) in [6.45, 7) is 4.65. The molecule has 1 aromatic rings. The zero-order valence-corrected chi connectivity index (χ0v) is 10.3. The number of aromatic nitrogens is 1. The molecule has 0 atom stereocenters. The van der Waals surface area contributed by atoms with E-state index in [-0.39, 0.29) is 5.91 Å². The number of carbonyl (C=O) groups is 1. The molecule has 0 aliphatic carbocycles. The summed E-state index contributed by atoms with van der Waals surface area (Å²) >= 11 is 0. The molecular formula is C14H18N2O. The van der Waals surface area contributed by atoms with Crippen molar-refractivity contribution in [1.29, 1.82) is 0 Å². The van der Waals surface area contributed by atoms with E-state index in [1.807, 2.05) is 19.1 Å². The van der Waals surface area contributed by atoms with Crippen LogP contribution in [0.15, 0.2) is 48.3 Å². The molecule has 17 heavy (non-hydrogen) atoms. The van der Waals surface area contributed by atoms with Gasteiger partial charge in [0.2, 0.25) is 0 Å². The lowest BCUT2D eigenvalue weighted by molar-refractivity contribution is 0.0957. The Labute approximate surface area is 102 Å². The number of nitrogens with zero attached hydrogens (tertiary/aromatic N) is 1. The summed E-state index contributed by atoms with van der Waals surface area (Å²) < 4.78 is 0. The second-order valence-corrected chi connectivity index (χ2v) is 3.57. The first-order valence-corrected chi connectivity index (χ1v) is 5.78. The van der Waals surface area contributed by atoms with Gasteiger partial charge in [0, 0.05) is 18.9 Å². The van der Waals surface area contributed by atoms with Gasteiger partial charge in [-0.15, -0.1) is 0 Å². The normalized spacial score (nSPS) is 11.8. The van der Waals surface area contributed by atoms with Gasteiger partial charge in [0.25, 0.3) is 5.91 Å². The molecule has 90 valence electrons. The van der Waals surface area contributed by atoms with Crippen molar-refractivity contribution in [3.05, 3.63) is 53.9 Å². The van der Waals surface area contributed by atoms with Gasteiger partial charge in [0.15, 0.2) is 0 Å². The predicted molar refractivity (Wildman–Crippen MR) is 69.8 cm³/mol. The molecule has 3 heteroatoms. The largest absolute Gasteiger partial charge is 0.349 e. The van der Waals surface area contributed by atoms with Gasteiger partial charge in [-0.3, -0.25) is 9.78 Å². The van der Waals surface area contributed by atoms with E-state index in [9.17, 15) is 4.79 Å². The van der Waals surface area contributed by atoms with E-state index in [1.165, 1.54) is 5.57 Å². The standard InChI is InChI=1S/C14H18N2O/c1-3-12(4-2)7-5-10-16-14(17)13-8-6-9-15-11-13/h3,5-9,11H,4,10H2,1-2H3,(H,16,17)/b7-5-,12-3+. The summed E-state index contributed by atoms with van der Waals surface area (Å²) in [4.78, 5) is 15.5. The van der Waals surface area contributed by atoms with Crippen molar-refractivity contribution >= 4 is 5.91 Å². The Morgan fingerprint density at radius 1 is 1.53 bits per heavy atom. The quantitative estimate of drug-likeness (QED) is 0.790. The third kappa shape index (κ3) is 4.64. The summed E-state index contributed by atoms with van der Waals surface area (Å²) in [5.74, 6) is -0.0960. The molecule has 1 amide bonds. The maximum absolute atomic E-state index is 11.6. The lowest BCUT2D eigenvalue weighted by Gasteiger charge is -2.01. The van der Waals surface area contributed by atoms with Crippen LogP contribution in [0.25, 0.3) is 0 Å². The van der Waals surface area contributed by atoms with Crippen molar-refractivity contribution in [3.8, 4) is 0 Å². The minimum absolute atomic E-state index is 0.0960. The van der Waals surface area contributed by atoms with Crippen molar-refractivity contribution in [2.45, 2.75) is 20.3 Å². The minimum Gasteiger partial charge on any atom is -0.349 e. The number of carbonyl (C=O) groups excluding carboxylic acids is 1.